The summed E-state index contributed by atoms with van der Waals surface area (Å²) in [5.41, 5.74) is 4.98. The first-order valence-corrected chi connectivity index (χ1v) is 14.3. The first-order valence-electron chi connectivity index (χ1n) is 14.3. The number of rotatable bonds is 6. The number of nitrogens with one attached hydrogen (secondary N) is 1. The maximum Gasteiger partial charge on any atom is 0.196 e. The minimum atomic E-state index is 0.0418. The van der Waals surface area contributed by atoms with Crippen LogP contribution >= 0.6 is 0 Å². The van der Waals surface area contributed by atoms with Gasteiger partial charge in [-0.15, -0.1) is 0 Å². The number of pyridine rings is 1. The number of ketones is 1. The molecule has 0 bridgehead atoms. The van der Waals surface area contributed by atoms with Gasteiger partial charge in [-0.1, -0.05) is 48.3 Å². The molecule has 2 aliphatic heterocycles. The van der Waals surface area contributed by atoms with Crippen LogP contribution in [0.5, 0.6) is 0 Å². The van der Waals surface area contributed by atoms with E-state index in [1.54, 1.807) is 0 Å². The number of hydrogen-bond acceptors (Lipinski definition) is 8. The molecule has 1 aliphatic carbocycles. The summed E-state index contributed by atoms with van der Waals surface area (Å²) >= 11 is 0. The van der Waals surface area contributed by atoms with Crippen LogP contribution in [0, 0.1) is 0 Å². The first kappa shape index (κ1) is 24.2. The molecule has 0 saturated carbocycles. The molecule has 0 unspecified atom stereocenters. The Morgan fingerprint density at radius 2 is 1.62 bits per heavy atom. The average molecular weight is 523 g/mol. The Kier molecular flexibility index (Phi) is 6.40. The van der Waals surface area contributed by atoms with Crippen molar-refractivity contribution < 1.29 is 9.32 Å². The number of anilines is 3. The molecular weight excluding hydrogens is 488 g/mol. The Bertz CT molecular complexity index is 1480. The minimum absolute atomic E-state index is 0.0418. The number of carbonyl (C=O) groups is 1. The number of fused-ring (bicyclic) bond motifs is 2. The highest BCUT2D eigenvalue weighted by atomic mass is 16.5. The first-order chi connectivity index (χ1) is 19.3. The summed E-state index contributed by atoms with van der Waals surface area (Å²) in [5.74, 6) is 1.80. The summed E-state index contributed by atoms with van der Waals surface area (Å²) in [5, 5.41) is 9.06. The van der Waals surface area contributed by atoms with Crippen molar-refractivity contribution in [1.82, 2.24) is 15.0 Å². The summed E-state index contributed by atoms with van der Waals surface area (Å²) in [6.45, 7) is 7.59. The standard InChI is InChI=1S/C31H34N6O2/c38-30-22-9-3-4-10-23(22)31-28-27(30)24(21-25(29(28)34-39-31)36-14-7-1-2-8-15-36)32-13-16-35-17-19-37(20-18-35)26-11-5-6-12-33-26/h3-6,9-12,21,32H,1-2,7-8,13-20H2. The quantitative estimate of drug-likeness (QED) is 0.332. The monoisotopic (exact) mass is 522 g/mol. The van der Waals surface area contributed by atoms with E-state index < -0.39 is 0 Å². The SMILES string of the molecule is O=C1c2ccccc2-c2onc3c(N4CCCCCC4)cc(NCCN4CCN(c5ccccn5)CC4)c1c23. The fourth-order valence-corrected chi connectivity index (χ4v) is 6.32. The zero-order valence-corrected chi connectivity index (χ0v) is 22.2. The van der Waals surface area contributed by atoms with E-state index in [1.807, 2.05) is 42.6 Å². The van der Waals surface area contributed by atoms with Crippen LogP contribution in [0.1, 0.15) is 41.6 Å². The fraction of sp³-hybridized carbons (Fsp3) is 0.387. The van der Waals surface area contributed by atoms with E-state index in [-0.39, 0.29) is 5.78 Å². The van der Waals surface area contributed by atoms with Gasteiger partial charge < -0.3 is 19.6 Å². The molecule has 2 aromatic carbocycles. The van der Waals surface area contributed by atoms with Gasteiger partial charge in [-0.25, -0.2) is 4.98 Å². The van der Waals surface area contributed by atoms with Gasteiger partial charge in [0.2, 0.25) is 0 Å². The van der Waals surface area contributed by atoms with Gasteiger partial charge in [0, 0.05) is 75.4 Å². The highest BCUT2D eigenvalue weighted by molar-refractivity contribution is 6.28. The van der Waals surface area contributed by atoms with Gasteiger partial charge in [0.05, 0.1) is 16.6 Å². The zero-order valence-electron chi connectivity index (χ0n) is 22.2. The smallest absolute Gasteiger partial charge is 0.196 e. The van der Waals surface area contributed by atoms with Crippen LogP contribution in [-0.2, 0) is 0 Å². The second-order valence-corrected chi connectivity index (χ2v) is 10.8. The number of hydrogen-bond donors (Lipinski definition) is 1. The predicted octanol–water partition coefficient (Wildman–Crippen LogP) is 5.05. The Morgan fingerprint density at radius 1 is 0.846 bits per heavy atom. The van der Waals surface area contributed by atoms with E-state index >= 15 is 0 Å². The van der Waals surface area contributed by atoms with Crippen molar-refractivity contribution in [2.24, 2.45) is 0 Å². The number of benzene rings is 2. The maximum atomic E-state index is 13.8. The van der Waals surface area contributed by atoms with Crippen molar-refractivity contribution in [3.63, 3.8) is 0 Å². The van der Waals surface area contributed by atoms with E-state index in [2.05, 4.69) is 42.3 Å². The zero-order chi connectivity index (χ0) is 26.2. The van der Waals surface area contributed by atoms with Crippen LogP contribution in [0.2, 0.25) is 0 Å². The molecule has 3 aliphatic rings. The summed E-state index contributed by atoms with van der Waals surface area (Å²) in [6.07, 6.45) is 6.71. The summed E-state index contributed by atoms with van der Waals surface area (Å²) < 4.78 is 5.96. The third-order valence-corrected chi connectivity index (χ3v) is 8.41. The molecule has 4 aromatic rings. The molecule has 200 valence electrons. The van der Waals surface area contributed by atoms with Crippen LogP contribution in [0.4, 0.5) is 17.2 Å². The largest absolute Gasteiger partial charge is 0.383 e. The number of carbonyl (C=O) groups excluding carboxylic acids is 1. The van der Waals surface area contributed by atoms with Crippen LogP contribution < -0.4 is 15.1 Å². The third-order valence-electron chi connectivity index (χ3n) is 8.41. The van der Waals surface area contributed by atoms with Crippen molar-refractivity contribution >= 4 is 33.9 Å². The minimum Gasteiger partial charge on any atom is -0.383 e. The second-order valence-electron chi connectivity index (χ2n) is 10.8. The van der Waals surface area contributed by atoms with E-state index in [4.69, 9.17) is 4.52 Å². The molecule has 0 spiro atoms. The topological polar surface area (TPSA) is 77.7 Å². The molecule has 4 heterocycles. The molecule has 2 fully saturated rings. The molecule has 0 radical (unpaired) electrons. The van der Waals surface area contributed by atoms with Gasteiger partial charge >= 0.3 is 0 Å². The fourth-order valence-electron chi connectivity index (χ4n) is 6.32. The Hall–Kier alpha value is -3.91. The van der Waals surface area contributed by atoms with Crippen molar-refractivity contribution in [3.8, 4) is 11.3 Å². The lowest BCUT2D eigenvalue weighted by molar-refractivity contribution is 0.104. The van der Waals surface area contributed by atoms with Crippen molar-refractivity contribution in [2.75, 3.05) is 67.5 Å². The van der Waals surface area contributed by atoms with Crippen molar-refractivity contribution in [2.45, 2.75) is 25.7 Å². The lowest BCUT2D eigenvalue weighted by Gasteiger charge is -2.35. The van der Waals surface area contributed by atoms with Gasteiger partial charge in [-0.3, -0.25) is 9.69 Å². The molecule has 2 saturated heterocycles. The maximum absolute atomic E-state index is 13.8. The number of aromatic nitrogens is 2. The third kappa shape index (κ3) is 4.42. The summed E-state index contributed by atoms with van der Waals surface area (Å²) in [6, 6.07) is 16.0. The second kappa shape index (κ2) is 10.3. The van der Waals surface area contributed by atoms with Gasteiger partial charge in [0.1, 0.15) is 11.3 Å². The lowest BCUT2D eigenvalue weighted by Crippen LogP contribution is -2.47. The number of nitrogens with zero attached hydrogens (tertiary/aromatic N) is 5. The van der Waals surface area contributed by atoms with E-state index in [1.165, 1.54) is 25.7 Å². The Balaban J connectivity index is 1.16. The van der Waals surface area contributed by atoms with Crippen LogP contribution in [-0.4, -0.2) is 73.2 Å². The summed E-state index contributed by atoms with van der Waals surface area (Å²) in [4.78, 5) is 25.6. The molecule has 2 aromatic heterocycles. The molecule has 39 heavy (non-hydrogen) atoms. The highest BCUT2D eigenvalue weighted by Gasteiger charge is 2.33. The van der Waals surface area contributed by atoms with Crippen LogP contribution in [0.15, 0.2) is 59.3 Å². The van der Waals surface area contributed by atoms with Gasteiger partial charge in [0.25, 0.3) is 0 Å². The number of piperazine rings is 1. The Labute approximate surface area is 228 Å². The van der Waals surface area contributed by atoms with E-state index in [0.717, 1.165) is 86.0 Å². The van der Waals surface area contributed by atoms with Crippen molar-refractivity contribution in [3.05, 3.63) is 65.9 Å². The van der Waals surface area contributed by atoms with Crippen LogP contribution in [0.3, 0.4) is 0 Å². The molecule has 8 heteroatoms. The van der Waals surface area contributed by atoms with Crippen molar-refractivity contribution in [1.29, 1.82) is 0 Å². The van der Waals surface area contributed by atoms with Gasteiger partial charge in [-0.05, 0) is 31.0 Å². The molecular formula is C31H34N6O2. The normalized spacial score (nSPS) is 17.8. The molecule has 0 atom stereocenters. The lowest BCUT2D eigenvalue weighted by atomic mass is 9.86. The van der Waals surface area contributed by atoms with E-state index in [9.17, 15) is 4.79 Å². The molecule has 1 N–H and O–H groups in total. The molecule has 8 nitrogen and oxygen atoms in total. The van der Waals surface area contributed by atoms with Crippen LogP contribution in [0.25, 0.3) is 22.2 Å². The Morgan fingerprint density at radius 3 is 2.38 bits per heavy atom. The highest BCUT2D eigenvalue weighted by Crippen LogP contribution is 2.46. The van der Waals surface area contributed by atoms with E-state index in [0.29, 0.717) is 16.9 Å². The average Bonchev–Trinajstić information content (AvgIpc) is 3.24. The summed E-state index contributed by atoms with van der Waals surface area (Å²) in [7, 11) is 0. The molecule has 7 rings (SSSR count). The van der Waals surface area contributed by atoms with Gasteiger partial charge in [-0.2, -0.15) is 0 Å². The molecule has 0 amide bonds. The predicted molar refractivity (Wildman–Crippen MR) is 155 cm³/mol. The van der Waals surface area contributed by atoms with Gasteiger partial charge in [0.15, 0.2) is 11.5 Å².